The third-order valence-electron chi connectivity index (χ3n) is 4.07. The third kappa shape index (κ3) is 5.72. The summed E-state index contributed by atoms with van der Waals surface area (Å²) in [5, 5.41) is 6.89. The van der Waals surface area contributed by atoms with Crippen LogP contribution >= 0.6 is 11.6 Å². The van der Waals surface area contributed by atoms with Crippen molar-refractivity contribution in [3.63, 3.8) is 0 Å². The molecule has 0 atom stereocenters. The van der Waals surface area contributed by atoms with Gasteiger partial charge in [0.2, 0.25) is 0 Å². The molecule has 5 nitrogen and oxygen atoms in total. The number of rotatable bonds is 8. The van der Waals surface area contributed by atoms with Gasteiger partial charge in [0, 0.05) is 29.1 Å². The van der Waals surface area contributed by atoms with Gasteiger partial charge in [0.25, 0.3) is 5.91 Å². The predicted octanol–water partition coefficient (Wildman–Crippen LogP) is 5.04. The molecule has 0 aliphatic rings. The first-order valence-corrected chi connectivity index (χ1v) is 9.50. The number of halogens is 1. The summed E-state index contributed by atoms with van der Waals surface area (Å²) in [6.07, 6.45) is 2.48. The van der Waals surface area contributed by atoms with Crippen LogP contribution < -0.4 is 15.4 Å². The molecule has 0 saturated heterocycles. The molecular formula is C22H22ClN3O2. The number of hydrogen-bond donors (Lipinski definition) is 2. The number of ether oxygens (including phenoxy) is 1. The number of carbonyl (C=O) groups is 1. The van der Waals surface area contributed by atoms with Crippen molar-refractivity contribution in [2.75, 3.05) is 23.8 Å². The highest BCUT2D eigenvalue weighted by molar-refractivity contribution is 6.30. The molecule has 0 spiro atoms. The molecular weight excluding hydrogens is 374 g/mol. The Hall–Kier alpha value is -3.05. The van der Waals surface area contributed by atoms with E-state index >= 15 is 0 Å². The Labute approximate surface area is 169 Å². The Morgan fingerprint density at radius 2 is 1.79 bits per heavy atom. The van der Waals surface area contributed by atoms with E-state index in [1.54, 1.807) is 24.4 Å². The first-order chi connectivity index (χ1) is 13.6. The van der Waals surface area contributed by atoms with Gasteiger partial charge in [-0.15, -0.1) is 0 Å². The van der Waals surface area contributed by atoms with Crippen LogP contribution in [0.4, 0.5) is 11.4 Å². The van der Waals surface area contributed by atoms with Crippen molar-refractivity contribution >= 4 is 28.9 Å². The van der Waals surface area contributed by atoms with Crippen LogP contribution in [-0.4, -0.2) is 24.0 Å². The topological polar surface area (TPSA) is 63.2 Å². The third-order valence-corrected chi connectivity index (χ3v) is 4.32. The van der Waals surface area contributed by atoms with Crippen molar-refractivity contribution < 1.29 is 9.53 Å². The van der Waals surface area contributed by atoms with E-state index < -0.39 is 0 Å². The second-order valence-electron chi connectivity index (χ2n) is 6.14. The van der Waals surface area contributed by atoms with Gasteiger partial charge >= 0.3 is 0 Å². The van der Waals surface area contributed by atoms with E-state index in [0.29, 0.717) is 18.0 Å². The highest BCUT2D eigenvalue weighted by Gasteiger charge is 2.09. The first-order valence-electron chi connectivity index (χ1n) is 9.12. The van der Waals surface area contributed by atoms with Gasteiger partial charge in [0.1, 0.15) is 11.4 Å². The summed E-state index contributed by atoms with van der Waals surface area (Å²) < 4.78 is 5.40. The van der Waals surface area contributed by atoms with Crippen molar-refractivity contribution in [1.82, 2.24) is 4.98 Å². The number of carbonyl (C=O) groups excluding carboxylic acids is 1. The molecule has 6 heteroatoms. The van der Waals surface area contributed by atoms with E-state index in [4.69, 9.17) is 16.3 Å². The smallest absolute Gasteiger partial charge is 0.274 e. The van der Waals surface area contributed by atoms with Crippen molar-refractivity contribution in [1.29, 1.82) is 0 Å². The second kappa shape index (κ2) is 9.76. The molecule has 1 amide bonds. The Balaban J connectivity index is 1.55. The quantitative estimate of drug-likeness (QED) is 0.560. The summed E-state index contributed by atoms with van der Waals surface area (Å²) in [5.74, 6) is 0.510. The van der Waals surface area contributed by atoms with Crippen molar-refractivity contribution in [3.8, 4) is 5.75 Å². The maximum Gasteiger partial charge on any atom is 0.274 e. The number of aromatic nitrogens is 1. The Bertz CT molecular complexity index is 912. The van der Waals surface area contributed by atoms with Gasteiger partial charge in [0.15, 0.2) is 0 Å². The Morgan fingerprint density at radius 3 is 2.50 bits per heavy atom. The standard InChI is InChI=1S/C22H22ClN3O2/c1-2-28-20-9-7-18(8-10-20)26-22(27)21-15-19(12-14-25-21)24-13-11-16-3-5-17(23)6-4-16/h3-10,12,14-15H,2,11,13H2,1H3,(H,24,25)(H,26,27). The Morgan fingerprint density at radius 1 is 1.04 bits per heavy atom. The molecule has 144 valence electrons. The average Bonchev–Trinajstić information content (AvgIpc) is 2.71. The van der Waals surface area contributed by atoms with Crippen LogP contribution in [0.15, 0.2) is 66.9 Å². The fourth-order valence-electron chi connectivity index (χ4n) is 2.66. The van der Waals surface area contributed by atoms with Gasteiger partial charge < -0.3 is 15.4 Å². The number of amides is 1. The molecule has 0 aliphatic carbocycles. The largest absolute Gasteiger partial charge is 0.494 e. The lowest BCUT2D eigenvalue weighted by Gasteiger charge is -2.09. The van der Waals surface area contributed by atoms with Crippen LogP contribution in [0.5, 0.6) is 5.75 Å². The van der Waals surface area contributed by atoms with Crippen LogP contribution in [-0.2, 0) is 6.42 Å². The number of nitrogens with zero attached hydrogens (tertiary/aromatic N) is 1. The maximum atomic E-state index is 12.5. The van der Waals surface area contributed by atoms with Crippen LogP contribution in [0.25, 0.3) is 0 Å². The van der Waals surface area contributed by atoms with E-state index in [1.807, 2.05) is 49.4 Å². The summed E-state index contributed by atoms with van der Waals surface area (Å²) in [6.45, 7) is 3.27. The number of nitrogens with one attached hydrogen (secondary N) is 2. The fraction of sp³-hybridized carbons (Fsp3) is 0.182. The molecule has 2 aromatic carbocycles. The Kier molecular flexibility index (Phi) is 6.87. The van der Waals surface area contributed by atoms with E-state index in [1.165, 1.54) is 5.56 Å². The number of pyridine rings is 1. The molecule has 0 aliphatic heterocycles. The summed E-state index contributed by atoms with van der Waals surface area (Å²) in [6, 6.07) is 18.6. The minimum absolute atomic E-state index is 0.259. The normalized spacial score (nSPS) is 10.4. The van der Waals surface area contributed by atoms with E-state index in [0.717, 1.165) is 29.4 Å². The zero-order valence-corrected chi connectivity index (χ0v) is 16.4. The SMILES string of the molecule is CCOc1ccc(NC(=O)c2cc(NCCc3ccc(Cl)cc3)ccn2)cc1. The highest BCUT2D eigenvalue weighted by atomic mass is 35.5. The minimum atomic E-state index is -0.259. The molecule has 0 fully saturated rings. The van der Waals surface area contributed by atoms with Crippen LogP contribution in [0.1, 0.15) is 23.0 Å². The second-order valence-corrected chi connectivity index (χ2v) is 6.58. The fourth-order valence-corrected chi connectivity index (χ4v) is 2.79. The van der Waals surface area contributed by atoms with Crippen molar-refractivity contribution in [2.24, 2.45) is 0 Å². The lowest BCUT2D eigenvalue weighted by molar-refractivity contribution is 0.102. The van der Waals surface area contributed by atoms with Crippen LogP contribution in [0, 0.1) is 0 Å². The lowest BCUT2D eigenvalue weighted by atomic mass is 10.1. The molecule has 0 radical (unpaired) electrons. The molecule has 1 heterocycles. The van der Waals surface area contributed by atoms with Crippen molar-refractivity contribution in [2.45, 2.75) is 13.3 Å². The average molecular weight is 396 g/mol. The van der Waals surface area contributed by atoms with Crippen LogP contribution in [0.2, 0.25) is 5.02 Å². The molecule has 0 bridgehead atoms. The monoisotopic (exact) mass is 395 g/mol. The molecule has 3 aromatic rings. The van der Waals surface area contributed by atoms with Gasteiger partial charge in [-0.2, -0.15) is 0 Å². The number of hydrogen-bond acceptors (Lipinski definition) is 4. The van der Waals surface area contributed by atoms with Gasteiger partial charge in [-0.05, 0) is 67.4 Å². The van der Waals surface area contributed by atoms with Gasteiger partial charge in [0.05, 0.1) is 6.61 Å². The number of benzene rings is 2. The summed E-state index contributed by atoms with van der Waals surface area (Å²) in [4.78, 5) is 16.6. The summed E-state index contributed by atoms with van der Waals surface area (Å²) >= 11 is 5.90. The molecule has 3 rings (SSSR count). The van der Waals surface area contributed by atoms with E-state index in [-0.39, 0.29) is 5.91 Å². The van der Waals surface area contributed by atoms with Crippen molar-refractivity contribution in [3.05, 3.63) is 83.1 Å². The van der Waals surface area contributed by atoms with E-state index in [2.05, 4.69) is 15.6 Å². The zero-order valence-electron chi connectivity index (χ0n) is 15.6. The summed E-state index contributed by atoms with van der Waals surface area (Å²) in [5.41, 5.74) is 3.09. The molecule has 0 unspecified atom stereocenters. The molecule has 28 heavy (non-hydrogen) atoms. The number of anilines is 2. The van der Waals surface area contributed by atoms with Gasteiger partial charge in [-0.3, -0.25) is 9.78 Å². The molecule has 0 saturated carbocycles. The summed E-state index contributed by atoms with van der Waals surface area (Å²) in [7, 11) is 0. The van der Waals surface area contributed by atoms with E-state index in [9.17, 15) is 4.79 Å². The lowest BCUT2D eigenvalue weighted by Crippen LogP contribution is -2.14. The highest BCUT2D eigenvalue weighted by Crippen LogP contribution is 2.17. The minimum Gasteiger partial charge on any atom is -0.494 e. The first kappa shape index (κ1) is 19.7. The molecule has 1 aromatic heterocycles. The maximum absolute atomic E-state index is 12.5. The van der Waals surface area contributed by atoms with Gasteiger partial charge in [-0.1, -0.05) is 23.7 Å². The molecule has 2 N–H and O–H groups in total. The van der Waals surface area contributed by atoms with Gasteiger partial charge in [-0.25, -0.2) is 0 Å². The van der Waals surface area contributed by atoms with Crippen LogP contribution in [0.3, 0.4) is 0 Å². The zero-order chi connectivity index (χ0) is 19.8. The predicted molar refractivity (Wildman–Crippen MR) is 113 cm³/mol.